The zero-order chi connectivity index (χ0) is 20.9. The van der Waals surface area contributed by atoms with Crippen molar-refractivity contribution in [2.75, 3.05) is 26.0 Å². The molecule has 0 aliphatic carbocycles. The van der Waals surface area contributed by atoms with Gasteiger partial charge in [-0.25, -0.2) is 17.9 Å². The molecule has 1 heterocycles. The molecule has 7 nitrogen and oxygen atoms in total. The molecule has 9 heteroatoms. The highest BCUT2D eigenvalue weighted by molar-refractivity contribution is 7.88. The lowest BCUT2D eigenvalue weighted by molar-refractivity contribution is -0.0132. The van der Waals surface area contributed by atoms with Gasteiger partial charge >= 0.3 is 6.09 Å². The highest BCUT2D eigenvalue weighted by Gasteiger charge is 2.51. The molecule has 27 heavy (non-hydrogen) atoms. The van der Waals surface area contributed by atoms with Crippen LogP contribution in [0.25, 0.3) is 0 Å². The van der Waals surface area contributed by atoms with Crippen LogP contribution in [0.2, 0.25) is 13.1 Å². The van der Waals surface area contributed by atoms with Crippen LogP contribution in [0.1, 0.15) is 27.2 Å². The molecule has 0 radical (unpaired) electrons. The summed E-state index contributed by atoms with van der Waals surface area (Å²) in [6.07, 6.45) is 6.34. The molecule has 0 spiro atoms. The topological polar surface area (TPSA) is 84.9 Å². The molecule has 1 aliphatic rings. The maximum Gasteiger partial charge on any atom is 0.412 e. The van der Waals surface area contributed by atoms with Crippen LogP contribution in [0.5, 0.6) is 0 Å². The molecule has 0 aromatic carbocycles. The molecule has 1 rings (SSSR count). The van der Waals surface area contributed by atoms with Crippen LogP contribution >= 0.6 is 0 Å². The van der Waals surface area contributed by atoms with Gasteiger partial charge in [-0.3, -0.25) is 4.90 Å². The number of nitrogens with one attached hydrogen (secondary N) is 1. The average Bonchev–Trinajstić information content (AvgIpc) is 2.87. The summed E-state index contributed by atoms with van der Waals surface area (Å²) in [7, 11) is -4.81. The van der Waals surface area contributed by atoms with Crippen LogP contribution in [0, 0.1) is 11.3 Å². The third-order valence-electron chi connectivity index (χ3n) is 4.45. The van der Waals surface area contributed by atoms with Crippen molar-refractivity contribution in [1.82, 2.24) is 9.62 Å². The molecule has 1 amide bonds. The van der Waals surface area contributed by atoms with Gasteiger partial charge in [0.2, 0.25) is 10.0 Å². The van der Waals surface area contributed by atoms with Crippen molar-refractivity contribution in [3.63, 3.8) is 0 Å². The maximum absolute atomic E-state index is 12.7. The van der Waals surface area contributed by atoms with E-state index in [1.807, 2.05) is 13.1 Å². The lowest BCUT2D eigenvalue weighted by Gasteiger charge is -2.37. The highest BCUT2D eigenvalue weighted by atomic mass is 32.2. The Hall–Kier alpha value is -1.16. The summed E-state index contributed by atoms with van der Waals surface area (Å²) in [6.45, 7) is 14.9. The molecule has 1 aliphatic heterocycles. The van der Waals surface area contributed by atoms with E-state index in [9.17, 15) is 13.2 Å². The van der Waals surface area contributed by atoms with Gasteiger partial charge in [0.05, 0.1) is 6.26 Å². The first-order chi connectivity index (χ1) is 12.3. The van der Waals surface area contributed by atoms with Gasteiger partial charge < -0.3 is 9.16 Å². The van der Waals surface area contributed by atoms with Crippen molar-refractivity contribution in [1.29, 1.82) is 0 Å². The number of sulfonamides is 1. The molecule has 0 aromatic rings. The number of amides is 1. The van der Waals surface area contributed by atoms with Crippen molar-refractivity contribution >= 4 is 25.2 Å². The van der Waals surface area contributed by atoms with E-state index in [1.54, 1.807) is 17.1 Å². The van der Waals surface area contributed by atoms with Gasteiger partial charge in [-0.15, -0.1) is 0 Å². The van der Waals surface area contributed by atoms with Crippen molar-refractivity contribution in [3.8, 4) is 0 Å². The Balaban J connectivity index is 3.19. The summed E-state index contributed by atoms with van der Waals surface area (Å²) >= 11 is 0. The van der Waals surface area contributed by atoms with Crippen LogP contribution in [0.4, 0.5) is 4.79 Å². The fraction of sp³-hybridized carbons (Fsp3) is 0.722. The molecule has 0 bridgehead atoms. The van der Waals surface area contributed by atoms with E-state index >= 15 is 0 Å². The Morgan fingerprint density at radius 1 is 1.41 bits per heavy atom. The zero-order valence-corrected chi connectivity index (χ0v) is 19.3. The summed E-state index contributed by atoms with van der Waals surface area (Å²) in [6, 6.07) is 0. The van der Waals surface area contributed by atoms with Crippen LogP contribution in [-0.4, -0.2) is 60.1 Å². The number of hydrogen-bond donors (Lipinski definition) is 1. The normalized spacial score (nSPS) is 24.0. The summed E-state index contributed by atoms with van der Waals surface area (Å²) < 4.78 is 36.7. The van der Waals surface area contributed by atoms with Crippen LogP contribution in [0.3, 0.4) is 0 Å². The molecule has 0 saturated carbocycles. The third kappa shape index (κ3) is 7.40. The molecule has 156 valence electrons. The van der Waals surface area contributed by atoms with E-state index < -0.39 is 30.9 Å². The van der Waals surface area contributed by atoms with Gasteiger partial charge in [-0.2, -0.15) is 0 Å². The predicted molar refractivity (Wildman–Crippen MR) is 110 cm³/mol. The Kier molecular flexibility index (Phi) is 8.27. The summed E-state index contributed by atoms with van der Waals surface area (Å²) in [4.78, 5) is 14.3. The largest absolute Gasteiger partial charge is 0.445 e. The summed E-state index contributed by atoms with van der Waals surface area (Å²) in [5.41, 5.74) is -0.935. The fourth-order valence-electron chi connectivity index (χ4n) is 3.08. The van der Waals surface area contributed by atoms with E-state index in [1.165, 1.54) is 6.08 Å². The van der Waals surface area contributed by atoms with E-state index in [4.69, 9.17) is 9.16 Å². The van der Waals surface area contributed by atoms with E-state index in [-0.39, 0.29) is 24.5 Å². The fourth-order valence-corrected chi connectivity index (χ4v) is 4.60. The Bertz CT molecular complexity index is 657. The second kappa shape index (κ2) is 9.36. The minimum atomic E-state index is -3.29. The molecule has 1 fully saturated rings. The number of likely N-dealkylation sites (tertiary alicyclic amines) is 1. The monoisotopic (exact) mass is 418 g/mol. The van der Waals surface area contributed by atoms with Crippen LogP contribution in [-0.2, 0) is 19.2 Å². The van der Waals surface area contributed by atoms with Gasteiger partial charge in [0, 0.05) is 19.5 Å². The predicted octanol–water partition coefficient (Wildman–Crippen LogP) is 2.48. The van der Waals surface area contributed by atoms with Crippen molar-refractivity contribution < 1.29 is 22.4 Å². The van der Waals surface area contributed by atoms with Gasteiger partial charge in [0.15, 0.2) is 14.8 Å². The molecule has 0 unspecified atom stereocenters. The molecular weight excluding hydrogens is 384 g/mol. The number of rotatable bonds is 8. The van der Waals surface area contributed by atoms with E-state index in [0.29, 0.717) is 13.0 Å². The van der Waals surface area contributed by atoms with Crippen LogP contribution in [0.15, 0.2) is 24.8 Å². The number of ether oxygens (including phenoxy) is 1. The summed E-state index contributed by atoms with van der Waals surface area (Å²) in [5.74, 6) is 0.217. The number of hydrogen-bond acceptors (Lipinski definition) is 5. The second-order valence-electron chi connectivity index (χ2n) is 8.28. The maximum atomic E-state index is 12.7. The SMILES string of the molecule is C=CCOC(=O)N1C[C@@H](C(C)(C)C)C[C@@]1(/C=C\CNS(C)(=O)=O)O[SiH](C)C. The van der Waals surface area contributed by atoms with Crippen molar-refractivity contribution in [2.24, 2.45) is 11.3 Å². The Morgan fingerprint density at radius 3 is 2.52 bits per heavy atom. The molecule has 1 N–H and O–H groups in total. The van der Waals surface area contributed by atoms with Gasteiger partial charge in [0.25, 0.3) is 0 Å². The smallest absolute Gasteiger partial charge is 0.412 e. The number of nitrogens with zero attached hydrogens (tertiary/aromatic N) is 1. The van der Waals surface area contributed by atoms with Crippen molar-refractivity contribution in [2.45, 2.75) is 46.0 Å². The summed E-state index contributed by atoms with van der Waals surface area (Å²) in [5, 5.41) is 0. The third-order valence-corrected chi connectivity index (χ3v) is 6.02. The first-order valence-electron chi connectivity index (χ1n) is 9.16. The van der Waals surface area contributed by atoms with Gasteiger partial charge in [-0.1, -0.05) is 39.5 Å². The van der Waals surface area contributed by atoms with Crippen LogP contribution < -0.4 is 4.72 Å². The lowest BCUT2D eigenvalue weighted by Crippen LogP contribution is -2.50. The molecular formula is C18H34N2O5SSi. The molecule has 0 aromatic heterocycles. The van der Waals surface area contributed by atoms with E-state index in [0.717, 1.165) is 6.26 Å². The second-order valence-corrected chi connectivity index (χ2v) is 12.4. The Morgan fingerprint density at radius 2 is 2.04 bits per heavy atom. The van der Waals surface area contributed by atoms with Gasteiger partial charge in [0.1, 0.15) is 6.61 Å². The average molecular weight is 419 g/mol. The number of carbonyl (C=O) groups is 1. The zero-order valence-electron chi connectivity index (χ0n) is 17.3. The highest BCUT2D eigenvalue weighted by Crippen LogP contribution is 2.44. The first kappa shape index (κ1) is 23.9. The first-order valence-corrected chi connectivity index (χ1v) is 13.8. The van der Waals surface area contributed by atoms with Crippen molar-refractivity contribution in [3.05, 3.63) is 24.8 Å². The number of carbonyl (C=O) groups excluding carboxylic acids is 1. The van der Waals surface area contributed by atoms with Gasteiger partial charge in [-0.05, 0) is 30.5 Å². The molecule has 2 atom stereocenters. The minimum absolute atomic E-state index is 0.0144. The van der Waals surface area contributed by atoms with E-state index in [2.05, 4.69) is 32.1 Å². The Labute approximate surface area is 165 Å². The quantitative estimate of drug-likeness (QED) is 0.483. The lowest BCUT2D eigenvalue weighted by atomic mass is 9.79. The minimum Gasteiger partial charge on any atom is -0.445 e. The molecule has 1 saturated heterocycles. The standard InChI is InChI=1S/C18H34N2O5SSi/c1-8-12-24-16(21)20-14-15(17(2,3)4)13-18(20,25-27(6)7)10-9-11-19-26(5,22)23/h8-10,15,19,27H,1,11-14H2,2-7H3/b10-9-/t15-,18+/m0/s1.